The normalized spacial score (nSPS) is 11.9. The monoisotopic (exact) mass is 316 g/mol. The van der Waals surface area contributed by atoms with E-state index < -0.39 is 10.0 Å². The first-order chi connectivity index (χ1) is 9.04. The van der Waals surface area contributed by atoms with Crippen LogP contribution in [0.15, 0.2) is 27.1 Å². The Morgan fingerprint density at radius 1 is 1.26 bits per heavy atom. The van der Waals surface area contributed by atoms with Crippen LogP contribution in [0.1, 0.15) is 16.0 Å². The van der Waals surface area contributed by atoms with Gasteiger partial charge in [-0.3, -0.25) is 0 Å². The zero-order valence-corrected chi connectivity index (χ0v) is 13.2. The molecule has 0 aliphatic carbocycles. The summed E-state index contributed by atoms with van der Waals surface area (Å²) in [6, 6.07) is 1.65. The molecule has 0 saturated carbocycles. The number of hydrogen-bond donors (Lipinski definition) is 2. The highest BCUT2D eigenvalue weighted by Gasteiger charge is 2.19. The van der Waals surface area contributed by atoms with Crippen molar-refractivity contribution in [1.29, 1.82) is 0 Å². The zero-order chi connectivity index (χ0) is 13.9. The summed E-state index contributed by atoms with van der Waals surface area (Å²) >= 11 is 3.03. The highest BCUT2D eigenvalue weighted by Crippen LogP contribution is 2.22. The number of aryl methyl sites for hydroxylation is 1. The maximum atomic E-state index is 12.3. The first-order valence-corrected chi connectivity index (χ1v) is 9.07. The van der Waals surface area contributed by atoms with Gasteiger partial charge in [-0.25, -0.2) is 13.1 Å². The average molecular weight is 316 g/mol. The van der Waals surface area contributed by atoms with E-state index in [1.165, 1.54) is 11.3 Å². The van der Waals surface area contributed by atoms with E-state index in [0.29, 0.717) is 18.0 Å². The highest BCUT2D eigenvalue weighted by molar-refractivity contribution is 7.89. The summed E-state index contributed by atoms with van der Waals surface area (Å²) in [6.07, 6.45) is 0. The fourth-order valence-corrected chi connectivity index (χ4v) is 4.99. The standard InChI is InChI=1S/C12H16N2O2S3/c1-9-7-17-8-10(9)5-14-19(15,16)12-3-4-18-11(12)6-13-2/h3-4,7-8,13-14H,5-6H2,1-2H3. The number of hydrogen-bond acceptors (Lipinski definition) is 5. The molecular weight excluding hydrogens is 300 g/mol. The molecule has 2 rings (SSSR count). The van der Waals surface area contributed by atoms with Crippen LogP contribution in [0.4, 0.5) is 0 Å². The van der Waals surface area contributed by atoms with Gasteiger partial charge in [0.15, 0.2) is 0 Å². The Balaban J connectivity index is 2.14. The molecule has 0 saturated heterocycles. The van der Waals surface area contributed by atoms with Gasteiger partial charge in [0.1, 0.15) is 0 Å². The fourth-order valence-electron chi connectivity index (χ4n) is 1.68. The van der Waals surface area contributed by atoms with Crippen LogP contribution in [0, 0.1) is 6.92 Å². The lowest BCUT2D eigenvalue weighted by atomic mass is 10.2. The van der Waals surface area contributed by atoms with E-state index in [2.05, 4.69) is 10.0 Å². The first-order valence-electron chi connectivity index (χ1n) is 5.77. The van der Waals surface area contributed by atoms with Gasteiger partial charge in [0.2, 0.25) is 10.0 Å². The Morgan fingerprint density at radius 3 is 2.68 bits per heavy atom. The lowest BCUT2D eigenvalue weighted by Gasteiger charge is -2.07. The summed E-state index contributed by atoms with van der Waals surface area (Å²) in [5.41, 5.74) is 2.15. The summed E-state index contributed by atoms with van der Waals surface area (Å²) in [4.78, 5) is 1.21. The van der Waals surface area contributed by atoms with Gasteiger partial charge in [-0.05, 0) is 47.3 Å². The van der Waals surface area contributed by atoms with Gasteiger partial charge in [0.05, 0.1) is 4.90 Å². The van der Waals surface area contributed by atoms with Gasteiger partial charge in [0, 0.05) is 18.0 Å². The molecule has 0 aliphatic rings. The third-order valence-corrected chi connectivity index (χ3v) is 6.19. The van der Waals surface area contributed by atoms with Crippen molar-refractivity contribution >= 4 is 32.7 Å². The van der Waals surface area contributed by atoms with E-state index in [9.17, 15) is 8.42 Å². The second-order valence-corrected chi connectivity index (χ2v) is 7.62. The number of nitrogens with one attached hydrogen (secondary N) is 2. The molecular formula is C12H16N2O2S3. The second-order valence-electron chi connectivity index (χ2n) is 4.14. The highest BCUT2D eigenvalue weighted by atomic mass is 32.2. The molecule has 0 bridgehead atoms. The van der Waals surface area contributed by atoms with Gasteiger partial charge in [0.25, 0.3) is 0 Å². The van der Waals surface area contributed by atoms with Crippen molar-refractivity contribution in [2.75, 3.05) is 7.05 Å². The van der Waals surface area contributed by atoms with Crippen molar-refractivity contribution in [3.8, 4) is 0 Å². The van der Waals surface area contributed by atoms with E-state index in [4.69, 9.17) is 0 Å². The molecule has 2 N–H and O–H groups in total. The topological polar surface area (TPSA) is 58.2 Å². The molecule has 0 radical (unpaired) electrons. The van der Waals surface area contributed by atoms with Crippen LogP contribution >= 0.6 is 22.7 Å². The minimum Gasteiger partial charge on any atom is -0.315 e. The number of rotatable bonds is 6. The summed E-state index contributed by atoms with van der Waals surface area (Å²) in [5, 5.41) is 8.77. The summed E-state index contributed by atoms with van der Waals surface area (Å²) in [6.45, 7) is 2.88. The minimum absolute atomic E-state index is 0.340. The largest absolute Gasteiger partial charge is 0.315 e. The molecule has 0 aliphatic heterocycles. The number of sulfonamides is 1. The van der Waals surface area contributed by atoms with Crippen LogP contribution in [0.2, 0.25) is 0 Å². The van der Waals surface area contributed by atoms with Gasteiger partial charge < -0.3 is 5.32 Å². The molecule has 0 amide bonds. The van der Waals surface area contributed by atoms with Gasteiger partial charge in [-0.15, -0.1) is 11.3 Å². The maximum Gasteiger partial charge on any atom is 0.242 e. The van der Waals surface area contributed by atoms with Crippen LogP contribution in [-0.2, 0) is 23.1 Å². The Kier molecular flexibility index (Phi) is 4.75. The van der Waals surface area contributed by atoms with E-state index in [1.807, 2.05) is 17.7 Å². The fraction of sp³-hybridized carbons (Fsp3) is 0.333. The van der Waals surface area contributed by atoms with E-state index in [0.717, 1.165) is 16.0 Å². The molecule has 7 heteroatoms. The van der Waals surface area contributed by atoms with Crippen LogP contribution in [0.25, 0.3) is 0 Å². The molecule has 19 heavy (non-hydrogen) atoms. The summed E-state index contributed by atoms with van der Waals surface area (Å²) < 4.78 is 27.2. The molecule has 4 nitrogen and oxygen atoms in total. The third-order valence-electron chi connectivity index (χ3n) is 2.75. The molecule has 0 spiro atoms. The van der Waals surface area contributed by atoms with Gasteiger partial charge in [-0.1, -0.05) is 0 Å². The Labute approximate surface area is 121 Å². The Hall–Kier alpha value is -0.730. The van der Waals surface area contributed by atoms with Gasteiger partial charge in [-0.2, -0.15) is 11.3 Å². The predicted molar refractivity (Wildman–Crippen MR) is 80.2 cm³/mol. The van der Waals surface area contributed by atoms with Crippen LogP contribution in [0.5, 0.6) is 0 Å². The smallest absolute Gasteiger partial charge is 0.242 e. The molecule has 104 valence electrons. The van der Waals surface area contributed by atoms with Crippen LogP contribution in [0.3, 0.4) is 0 Å². The third kappa shape index (κ3) is 3.43. The van der Waals surface area contributed by atoms with E-state index in [-0.39, 0.29) is 0 Å². The lowest BCUT2D eigenvalue weighted by Crippen LogP contribution is -2.24. The van der Waals surface area contributed by atoms with Crippen LogP contribution < -0.4 is 10.0 Å². The predicted octanol–water partition coefficient (Wildman–Crippen LogP) is 2.32. The molecule has 2 heterocycles. The van der Waals surface area contributed by atoms with Crippen molar-refractivity contribution < 1.29 is 8.42 Å². The Bertz CT molecular complexity index is 643. The lowest BCUT2D eigenvalue weighted by molar-refractivity contribution is 0.580. The molecule has 0 unspecified atom stereocenters. The SMILES string of the molecule is CNCc1sccc1S(=O)(=O)NCc1cscc1C. The van der Waals surface area contributed by atoms with Crippen molar-refractivity contribution in [2.45, 2.75) is 24.9 Å². The molecule has 0 fully saturated rings. The average Bonchev–Trinajstić information content (AvgIpc) is 2.97. The van der Waals surface area contributed by atoms with Crippen molar-refractivity contribution in [2.24, 2.45) is 0 Å². The van der Waals surface area contributed by atoms with E-state index >= 15 is 0 Å². The van der Waals surface area contributed by atoms with E-state index in [1.54, 1.807) is 29.8 Å². The Morgan fingerprint density at radius 2 is 2.05 bits per heavy atom. The second kappa shape index (κ2) is 6.15. The molecule has 2 aromatic rings. The molecule has 2 aromatic heterocycles. The zero-order valence-electron chi connectivity index (χ0n) is 10.8. The summed E-state index contributed by atoms with van der Waals surface area (Å²) in [7, 11) is -1.63. The van der Waals surface area contributed by atoms with Crippen molar-refractivity contribution in [3.05, 3.63) is 38.2 Å². The van der Waals surface area contributed by atoms with Gasteiger partial charge >= 0.3 is 0 Å². The maximum absolute atomic E-state index is 12.3. The van der Waals surface area contributed by atoms with Crippen molar-refractivity contribution in [3.63, 3.8) is 0 Å². The van der Waals surface area contributed by atoms with Crippen LogP contribution in [-0.4, -0.2) is 15.5 Å². The molecule has 0 atom stereocenters. The first kappa shape index (κ1) is 14.7. The molecule has 0 aromatic carbocycles. The minimum atomic E-state index is -3.44. The quantitative estimate of drug-likeness (QED) is 0.860. The number of thiophene rings is 2. The van der Waals surface area contributed by atoms with Crippen molar-refractivity contribution in [1.82, 2.24) is 10.0 Å². The summed E-state index contributed by atoms with van der Waals surface area (Å²) in [5.74, 6) is 0.